The first-order valence-corrected chi connectivity index (χ1v) is 10.9. The van der Waals surface area contributed by atoms with E-state index in [2.05, 4.69) is 25.2 Å². The molecule has 10 heteroatoms. The number of anilines is 2. The Hall–Kier alpha value is -3.53. The van der Waals surface area contributed by atoms with Gasteiger partial charge in [0.05, 0.1) is 5.69 Å². The van der Waals surface area contributed by atoms with Gasteiger partial charge in [0.15, 0.2) is 5.13 Å². The molecule has 0 spiro atoms. The lowest BCUT2D eigenvalue weighted by molar-refractivity contribution is -0.131. The number of piperazine rings is 1. The summed E-state index contributed by atoms with van der Waals surface area (Å²) >= 11 is 1.27. The second kappa shape index (κ2) is 9.52. The molecule has 0 aromatic carbocycles. The fourth-order valence-electron chi connectivity index (χ4n) is 3.36. The van der Waals surface area contributed by atoms with E-state index in [0.29, 0.717) is 31.1 Å². The summed E-state index contributed by atoms with van der Waals surface area (Å²) in [6, 6.07) is 8.87. The van der Waals surface area contributed by atoms with E-state index in [-0.39, 0.29) is 11.5 Å². The maximum Gasteiger partial charge on any atom is 0.263 e. The topological polar surface area (TPSA) is 111 Å². The highest BCUT2D eigenvalue weighted by atomic mass is 32.1. The zero-order valence-electron chi connectivity index (χ0n) is 16.8. The quantitative estimate of drug-likeness (QED) is 0.607. The van der Waals surface area contributed by atoms with Crippen molar-refractivity contribution in [2.45, 2.75) is 12.8 Å². The first-order valence-electron chi connectivity index (χ1n) is 9.97. The van der Waals surface area contributed by atoms with E-state index < -0.39 is 11.5 Å². The van der Waals surface area contributed by atoms with Gasteiger partial charge in [-0.15, -0.1) is 11.3 Å². The van der Waals surface area contributed by atoms with Gasteiger partial charge in [-0.1, -0.05) is 6.07 Å². The minimum absolute atomic E-state index is 0.0271. The largest absolute Gasteiger partial charge is 0.353 e. The minimum Gasteiger partial charge on any atom is -0.353 e. The number of carbonyl (C=O) groups excluding carboxylic acids is 2. The van der Waals surface area contributed by atoms with E-state index in [1.807, 2.05) is 28.5 Å². The Balaban J connectivity index is 1.25. The molecule has 0 unspecified atom stereocenters. The van der Waals surface area contributed by atoms with Crippen molar-refractivity contribution in [3.05, 3.63) is 69.7 Å². The van der Waals surface area contributed by atoms with Crippen LogP contribution in [-0.2, 0) is 11.2 Å². The summed E-state index contributed by atoms with van der Waals surface area (Å²) in [4.78, 5) is 51.7. The molecule has 1 saturated heterocycles. The summed E-state index contributed by atoms with van der Waals surface area (Å²) in [6.45, 7) is 2.85. The Morgan fingerprint density at radius 1 is 1.13 bits per heavy atom. The molecule has 31 heavy (non-hydrogen) atoms. The Bertz CT molecular complexity index is 1110. The Labute approximate surface area is 182 Å². The lowest BCUT2D eigenvalue weighted by atomic mass is 10.2. The standard InChI is InChI=1S/C21H22N6O3S/c28-18(27-12-10-26(11-13-27)17-5-1-2-8-22-17)7-6-15-14-31-21(24-15)25-20(30)16-4-3-9-23-19(16)29/h1-5,8-9,14H,6-7,10-13H2,(H,23,29)(H,24,25,30). The molecule has 0 aliphatic carbocycles. The van der Waals surface area contributed by atoms with Gasteiger partial charge in [0.25, 0.3) is 11.5 Å². The maximum atomic E-state index is 12.6. The maximum absolute atomic E-state index is 12.6. The highest BCUT2D eigenvalue weighted by Crippen LogP contribution is 2.18. The van der Waals surface area contributed by atoms with Crippen molar-refractivity contribution in [2.24, 2.45) is 0 Å². The number of aromatic nitrogens is 3. The smallest absolute Gasteiger partial charge is 0.263 e. The lowest BCUT2D eigenvalue weighted by Crippen LogP contribution is -2.49. The van der Waals surface area contributed by atoms with Gasteiger partial charge in [-0.2, -0.15) is 0 Å². The number of rotatable bonds is 6. The van der Waals surface area contributed by atoms with Crippen molar-refractivity contribution in [2.75, 3.05) is 36.4 Å². The molecule has 9 nitrogen and oxygen atoms in total. The van der Waals surface area contributed by atoms with Crippen LogP contribution in [0.2, 0.25) is 0 Å². The van der Waals surface area contributed by atoms with Gasteiger partial charge in [0.1, 0.15) is 11.4 Å². The molecular formula is C21H22N6O3S. The minimum atomic E-state index is -0.510. The Kier molecular flexibility index (Phi) is 6.37. The number of nitrogens with zero attached hydrogens (tertiary/aromatic N) is 4. The molecule has 1 aliphatic rings. The summed E-state index contributed by atoms with van der Waals surface area (Å²) in [5.41, 5.74) is 0.313. The number of hydrogen-bond donors (Lipinski definition) is 2. The second-order valence-electron chi connectivity index (χ2n) is 7.07. The first-order chi connectivity index (χ1) is 15.1. The van der Waals surface area contributed by atoms with E-state index >= 15 is 0 Å². The number of nitrogens with one attached hydrogen (secondary N) is 2. The van der Waals surface area contributed by atoms with E-state index in [1.54, 1.807) is 12.3 Å². The normalized spacial score (nSPS) is 13.8. The molecule has 4 rings (SSSR count). The van der Waals surface area contributed by atoms with Gasteiger partial charge in [0, 0.05) is 50.4 Å². The fraction of sp³-hybridized carbons (Fsp3) is 0.286. The van der Waals surface area contributed by atoms with E-state index in [1.165, 1.54) is 23.6 Å². The zero-order valence-corrected chi connectivity index (χ0v) is 17.6. The summed E-state index contributed by atoms with van der Waals surface area (Å²) < 4.78 is 0. The number of H-pyrrole nitrogens is 1. The highest BCUT2D eigenvalue weighted by molar-refractivity contribution is 7.14. The van der Waals surface area contributed by atoms with E-state index in [0.717, 1.165) is 24.6 Å². The third kappa shape index (κ3) is 5.15. The van der Waals surface area contributed by atoms with Crippen molar-refractivity contribution in [3.8, 4) is 0 Å². The average Bonchev–Trinajstić information content (AvgIpc) is 3.25. The van der Waals surface area contributed by atoms with E-state index in [9.17, 15) is 14.4 Å². The van der Waals surface area contributed by atoms with Crippen molar-refractivity contribution in [1.29, 1.82) is 0 Å². The molecule has 160 valence electrons. The van der Waals surface area contributed by atoms with Crippen LogP contribution in [0.4, 0.5) is 10.9 Å². The molecule has 2 N–H and O–H groups in total. The van der Waals surface area contributed by atoms with Crippen LogP contribution < -0.4 is 15.8 Å². The van der Waals surface area contributed by atoms with E-state index in [4.69, 9.17) is 0 Å². The van der Waals surface area contributed by atoms with Crippen molar-refractivity contribution in [1.82, 2.24) is 19.9 Å². The van der Waals surface area contributed by atoms with Crippen LogP contribution in [0, 0.1) is 0 Å². The van der Waals surface area contributed by atoms with Crippen LogP contribution in [0.5, 0.6) is 0 Å². The summed E-state index contributed by atoms with van der Waals surface area (Å²) in [7, 11) is 0. The summed E-state index contributed by atoms with van der Waals surface area (Å²) in [5, 5.41) is 4.85. The molecule has 3 aromatic rings. The van der Waals surface area contributed by atoms with Gasteiger partial charge in [-0.3, -0.25) is 19.7 Å². The van der Waals surface area contributed by atoms with Crippen molar-refractivity contribution < 1.29 is 9.59 Å². The van der Waals surface area contributed by atoms with Crippen LogP contribution in [0.3, 0.4) is 0 Å². The third-order valence-electron chi connectivity index (χ3n) is 5.04. The SMILES string of the molecule is O=C(Nc1nc(CCC(=O)N2CCN(c3ccccn3)CC2)cs1)c1ccc[nH]c1=O. The molecule has 0 bridgehead atoms. The van der Waals surface area contributed by atoms with Crippen LogP contribution in [0.25, 0.3) is 0 Å². The molecule has 1 aliphatic heterocycles. The molecule has 1 fully saturated rings. The second-order valence-corrected chi connectivity index (χ2v) is 7.92. The summed E-state index contributed by atoms with van der Waals surface area (Å²) in [5.74, 6) is 0.517. The fourth-order valence-corrected chi connectivity index (χ4v) is 4.10. The molecule has 0 atom stereocenters. The highest BCUT2D eigenvalue weighted by Gasteiger charge is 2.22. The van der Waals surface area contributed by atoms with Crippen LogP contribution in [-0.4, -0.2) is 57.8 Å². The molecule has 3 aromatic heterocycles. The molecule has 2 amide bonds. The third-order valence-corrected chi connectivity index (χ3v) is 5.84. The molecule has 4 heterocycles. The summed E-state index contributed by atoms with van der Waals surface area (Å²) in [6.07, 6.45) is 4.10. The Morgan fingerprint density at radius 2 is 1.97 bits per heavy atom. The van der Waals surface area contributed by atoms with Crippen LogP contribution in [0.1, 0.15) is 22.5 Å². The number of pyridine rings is 2. The van der Waals surface area contributed by atoms with Crippen molar-refractivity contribution >= 4 is 34.1 Å². The van der Waals surface area contributed by atoms with Crippen LogP contribution >= 0.6 is 11.3 Å². The Morgan fingerprint density at radius 3 is 2.71 bits per heavy atom. The van der Waals surface area contributed by atoms with Gasteiger partial charge >= 0.3 is 0 Å². The lowest BCUT2D eigenvalue weighted by Gasteiger charge is -2.35. The monoisotopic (exact) mass is 438 g/mol. The van der Waals surface area contributed by atoms with Gasteiger partial charge in [-0.25, -0.2) is 9.97 Å². The number of carbonyl (C=O) groups is 2. The molecule has 0 radical (unpaired) electrons. The van der Waals surface area contributed by atoms with Crippen molar-refractivity contribution in [3.63, 3.8) is 0 Å². The number of hydrogen-bond acceptors (Lipinski definition) is 7. The zero-order chi connectivity index (χ0) is 21.6. The van der Waals surface area contributed by atoms with Gasteiger partial charge < -0.3 is 14.8 Å². The van der Waals surface area contributed by atoms with Gasteiger partial charge in [0.2, 0.25) is 5.91 Å². The molecular weight excluding hydrogens is 416 g/mol. The number of amides is 2. The molecule has 0 saturated carbocycles. The number of aryl methyl sites for hydroxylation is 1. The number of thiazole rings is 1. The first kappa shape index (κ1) is 20.7. The average molecular weight is 439 g/mol. The number of aromatic amines is 1. The predicted octanol–water partition coefficient (Wildman–Crippen LogP) is 1.76. The predicted molar refractivity (Wildman–Crippen MR) is 118 cm³/mol. The van der Waals surface area contributed by atoms with Crippen LogP contribution in [0.15, 0.2) is 52.9 Å². The van der Waals surface area contributed by atoms with Gasteiger partial charge in [-0.05, 0) is 30.7 Å².